The molecular formula is C13H17F3N2O. The Morgan fingerprint density at radius 1 is 1.26 bits per heavy atom. The van der Waals surface area contributed by atoms with Gasteiger partial charge in [-0.15, -0.1) is 0 Å². The second kappa shape index (κ2) is 5.90. The third-order valence-corrected chi connectivity index (χ3v) is 3.49. The van der Waals surface area contributed by atoms with Crippen molar-refractivity contribution in [2.75, 3.05) is 26.8 Å². The Balaban J connectivity index is 2.29. The molecular weight excluding hydrogens is 257 g/mol. The molecule has 1 fully saturated rings. The zero-order valence-electron chi connectivity index (χ0n) is 10.7. The minimum atomic E-state index is -1.18. The van der Waals surface area contributed by atoms with Crippen LogP contribution in [0.25, 0.3) is 0 Å². The van der Waals surface area contributed by atoms with Crippen molar-refractivity contribution in [1.29, 1.82) is 0 Å². The Hall–Kier alpha value is -1.11. The lowest BCUT2D eigenvalue weighted by atomic mass is 10.00. The van der Waals surface area contributed by atoms with Gasteiger partial charge in [-0.2, -0.15) is 0 Å². The van der Waals surface area contributed by atoms with Gasteiger partial charge in [0.15, 0.2) is 11.6 Å². The second-order valence-electron chi connectivity index (χ2n) is 4.71. The Morgan fingerprint density at radius 2 is 1.95 bits per heavy atom. The van der Waals surface area contributed by atoms with Gasteiger partial charge >= 0.3 is 0 Å². The lowest BCUT2D eigenvalue weighted by Crippen LogP contribution is -2.34. The van der Waals surface area contributed by atoms with Crippen molar-refractivity contribution in [3.05, 3.63) is 35.1 Å². The summed E-state index contributed by atoms with van der Waals surface area (Å²) in [7, 11) is 1.57. The first kappa shape index (κ1) is 14.3. The van der Waals surface area contributed by atoms with E-state index in [4.69, 9.17) is 10.5 Å². The van der Waals surface area contributed by atoms with Crippen LogP contribution >= 0.6 is 0 Å². The van der Waals surface area contributed by atoms with Crippen molar-refractivity contribution < 1.29 is 17.9 Å². The monoisotopic (exact) mass is 274 g/mol. The maximum absolute atomic E-state index is 13.8. The molecule has 2 N–H and O–H groups in total. The molecule has 1 aliphatic rings. The number of hydrogen-bond acceptors (Lipinski definition) is 3. The molecule has 3 nitrogen and oxygen atoms in total. The summed E-state index contributed by atoms with van der Waals surface area (Å²) in [5.41, 5.74) is 6.08. The molecule has 0 bridgehead atoms. The van der Waals surface area contributed by atoms with Crippen LogP contribution in [0.2, 0.25) is 0 Å². The highest BCUT2D eigenvalue weighted by Gasteiger charge is 2.34. The summed E-state index contributed by atoms with van der Waals surface area (Å²) in [6.45, 7) is 1.75. The quantitative estimate of drug-likeness (QED) is 0.851. The van der Waals surface area contributed by atoms with Gasteiger partial charge in [0.25, 0.3) is 0 Å². The molecule has 0 aliphatic carbocycles. The van der Waals surface area contributed by atoms with Gasteiger partial charge in [-0.3, -0.25) is 4.90 Å². The number of benzene rings is 1. The fourth-order valence-electron chi connectivity index (χ4n) is 2.53. The van der Waals surface area contributed by atoms with E-state index in [2.05, 4.69) is 0 Å². The van der Waals surface area contributed by atoms with Crippen LogP contribution < -0.4 is 5.73 Å². The van der Waals surface area contributed by atoms with Crippen molar-refractivity contribution in [2.45, 2.75) is 18.5 Å². The summed E-state index contributed by atoms with van der Waals surface area (Å²) in [5, 5.41) is 0. The van der Waals surface area contributed by atoms with E-state index in [0.29, 0.717) is 32.2 Å². The van der Waals surface area contributed by atoms with Crippen LogP contribution in [0.5, 0.6) is 0 Å². The van der Waals surface area contributed by atoms with E-state index in [1.807, 2.05) is 4.90 Å². The fraction of sp³-hybridized carbons (Fsp3) is 0.538. The van der Waals surface area contributed by atoms with Gasteiger partial charge in [-0.1, -0.05) is 0 Å². The number of methoxy groups -OCH3 is 1. The van der Waals surface area contributed by atoms with Crippen LogP contribution in [0.4, 0.5) is 13.2 Å². The fourth-order valence-corrected chi connectivity index (χ4v) is 2.53. The zero-order valence-corrected chi connectivity index (χ0v) is 10.7. The highest BCUT2D eigenvalue weighted by Crippen LogP contribution is 2.33. The largest absolute Gasteiger partial charge is 0.383 e. The van der Waals surface area contributed by atoms with E-state index in [0.717, 1.165) is 6.07 Å². The lowest BCUT2D eigenvalue weighted by molar-refractivity contribution is 0.137. The van der Waals surface area contributed by atoms with Gasteiger partial charge < -0.3 is 10.5 Å². The first-order valence-corrected chi connectivity index (χ1v) is 6.17. The highest BCUT2D eigenvalue weighted by molar-refractivity contribution is 5.26. The topological polar surface area (TPSA) is 38.5 Å². The summed E-state index contributed by atoms with van der Waals surface area (Å²) in [6, 6.07) is 0.742. The van der Waals surface area contributed by atoms with Crippen molar-refractivity contribution in [3.63, 3.8) is 0 Å². The average Bonchev–Trinajstić information content (AvgIpc) is 2.73. The van der Waals surface area contributed by atoms with Crippen LogP contribution in [-0.2, 0) is 4.74 Å². The van der Waals surface area contributed by atoms with Gasteiger partial charge in [-0.25, -0.2) is 13.2 Å². The molecule has 1 aliphatic heterocycles. The van der Waals surface area contributed by atoms with Crippen LogP contribution in [-0.4, -0.2) is 37.7 Å². The van der Waals surface area contributed by atoms with Gasteiger partial charge in [0.2, 0.25) is 0 Å². The van der Waals surface area contributed by atoms with Crippen LogP contribution in [0, 0.1) is 17.5 Å². The average molecular weight is 274 g/mol. The number of ether oxygens (including phenoxy) is 1. The number of halogens is 3. The number of hydrogen-bond donors (Lipinski definition) is 1. The van der Waals surface area contributed by atoms with Crippen LogP contribution in [0.3, 0.4) is 0 Å². The SMILES string of the molecule is COCCN1CCC(N)C1c1cc(F)c(F)cc1F. The van der Waals surface area contributed by atoms with E-state index in [9.17, 15) is 13.2 Å². The number of rotatable bonds is 4. The lowest BCUT2D eigenvalue weighted by Gasteiger charge is -2.27. The van der Waals surface area contributed by atoms with Crippen molar-refractivity contribution in [3.8, 4) is 0 Å². The second-order valence-corrected chi connectivity index (χ2v) is 4.71. The molecule has 6 heteroatoms. The molecule has 0 amide bonds. The molecule has 19 heavy (non-hydrogen) atoms. The third-order valence-electron chi connectivity index (χ3n) is 3.49. The van der Waals surface area contributed by atoms with Gasteiger partial charge in [-0.05, 0) is 12.5 Å². The molecule has 1 aromatic rings. The van der Waals surface area contributed by atoms with Crippen molar-refractivity contribution >= 4 is 0 Å². The molecule has 2 atom stereocenters. The summed E-state index contributed by atoms with van der Waals surface area (Å²) >= 11 is 0. The highest BCUT2D eigenvalue weighted by atomic mass is 19.2. The molecule has 1 heterocycles. The number of nitrogens with zero attached hydrogens (tertiary/aromatic N) is 1. The molecule has 106 valence electrons. The van der Waals surface area contributed by atoms with E-state index in [-0.39, 0.29) is 11.6 Å². The van der Waals surface area contributed by atoms with E-state index in [1.165, 1.54) is 0 Å². The van der Waals surface area contributed by atoms with Crippen molar-refractivity contribution in [1.82, 2.24) is 4.90 Å². The smallest absolute Gasteiger partial charge is 0.161 e. The number of nitrogens with two attached hydrogens (primary N) is 1. The summed E-state index contributed by atoms with van der Waals surface area (Å²) in [4.78, 5) is 1.93. The maximum atomic E-state index is 13.8. The number of likely N-dealkylation sites (tertiary alicyclic amines) is 1. The van der Waals surface area contributed by atoms with E-state index < -0.39 is 23.5 Å². The van der Waals surface area contributed by atoms with Gasteiger partial charge in [0.1, 0.15) is 5.82 Å². The summed E-state index contributed by atoms with van der Waals surface area (Å²) in [5.74, 6) is -3.00. The molecule has 0 aromatic heterocycles. The van der Waals surface area contributed by atoms with Gasteiger partial charge in [0.05, 0.1) is 12.6 Å². The molecule has 0 radical (unpaired) electrons. The minimum Gasteiger partial charge on any atom is -0.383 e. The first-order chi connectivity index (χ1) is 9.04. The maximum Gasteiger partial charge on any atom is 0.161 e. The first-order valence-electron chi connectivity index (χ1n) is 6.17. The minimum absolute atomic E-state index is 0.111. The molecule has 0 spiro atoms. The Kier molecular flexibility index (Phi) is 4.44. The van der Waals surface area contributed by atoms with E-state index >= 15 is 0 Å². The third kappa shape index (κ3) is 2.91. The van der Waals surface area contributed by atoms with E-state index in [1.54, 1.807) is 7.11 Å². The Morgan fingerprint density at radius 3 is 2.63 bits per heavy atom. The molecule has 2 unspecified atom stereocenters. The standard InChI is InChI=1S/C13H17F3N2O/c1-19-5-4-18-3-2-12(17)13(18)8-6-10(15)11(16)7-9(8)14/h6-7,12-13H,2-5,17H2,1H3. The van der Waals surface area contributed by atoms with Crippen LogP contribution in [0.1, 0.15) is 18.0 Å². The predicted octanol–water partition coefficient (Wildman–Crippen LogP) is 1.82. The Bertz CT molecular complexity index is 456. The van der Waals surface area contributed by atoms with Gasteiger partial charge in [0, 0.05) is 37.9 Å². The van der Waals surface area contributed by atoms with Crippen LogP contribution in [0.15, 0.2) is 12.1 Å². The molecule has 0 saturated carbocycles. The summed E-state index contributed by atoms with van der Waals surface area (Å²) < 4.78 is 45.1. The molecule has 2 rings (SSSR count). The molecule has 1 aromatic carbocycles. The zero-order chi connectivity index (χ0) is 14.0. The molecule has 1 saturated heterocycles. The Labute approximate surface area is 110 Å². The predicted molar refractivity (Wildman–Crippen MR) is 65.1 cm³/mol. The normalized spacial score (nSPS) is 24.1. The van der Waals surface area contributed by atoms with Crippen molar-refractivity contribution in [2.24, 2.45) is 5.73 Å². The summed E-state index contributed by atoms with van der Waals surface area (Å²) in [6.07, 6.45) is 0.687.